The summed E-state index contributed by atoms with van der Waals surface area (Å²) < 4.78 is 21.8. The molecule has 2 heterocycles. The van der Waals surface area contributed by atoms with E-state index in [2.05, 4.69) is 25.7 Å². The van der Waals surface area contributed by atoms with Crippen molar-refractivity contribution in [3.63, 3.8) is 0 Å². The number of nitrogens with zero attached hydrogens (tertiary/aromatic N) is 4. The molecule has 7 nitrogen and oxygen atoms in total. The largest absolute Gasteiger partial charge is 0.453 e. The van der Waals surface area contributed by atoms with Crippen LogP contribution in [0.1, 0.15) is 22.5 Å². The maximum atomic E-state index is 14.4. The van der Waals surface area contributed by atoms with Gasteiger partial charge in [-0.05, 0) is 43.7 Å². The molecule has 0 unspecified atom stereocenters. The summed E-state index contributed by atoms with van der Waals surface area (Å²) in [6.45, 7) is 5.05. The number of benzene rings is 1. The van der Waals surface area contributed by atoms with E-state index >= 15 is 0 Å². The Morgan fingerprint density at radius 3 is 2.57 bits per heavy atom. The third-order valence-electron chi connectivity index (χ3n) is 4.63. The quantitative estimate of drug-likeness (QED) is 0.291. The molecule has 0 aliphatic rings. The van der Waals surface area contributed by atoms with Gasteiger partial charge in [-0.1, -0.05) is 6.07 Å². The number of aliphatic imine (C=N–C) groups is 1. The first-order valence-electron chi connectivity index (χ1n) is 9.28. The number of rotatable bonds is 6. The number of hydrogen-bond donors (Lipinski definition) is 2. The van der Waals surface area contributed by atoms with Gasteiger partial charge in [0.15, 0.2) is 17.5 Å². The lowest BCUT2D eigenvalue weighted by Crippen LogP contribution is -2.36. The molecule has 3 rings (SSSR count). The number of guanidine groups is 1. The van der Waals surface area contributed by atoms with Crippen LogP contribution >= 0.6 is 24.0 Å². The summed E-state index contributed by atoms with van der Waals surface area (Å²) in [5.74, 6) is 0.844. The summed E-state index contributed by atoms with van der Waals surface area (Å²) in [5.41, 5.74) is 4.01. The molecule has 0 spiro atoms. The first-order chi connectivity index (χ1) is 14.0. The lowest BCUT2D eigenvalue weighted by molar-refractivity contribution is 0.440. The molecule has 0 aliphatic heterocycles. The van der Waals surface area contributed by atoms with Gasteiger partial charge >= 0.3 is 0 Å². The lowest BCUT2D eigenvalue weighted by atomic mass is 10.2. The van der Waals surface area contributed by atoms with E-state index in [0.717, 1.165) is 22.5 Å². The average molecular weight is 524 g/mol. The highest BCUT2D eigenvalue weighted by molar-refractivity contribution is 14.0. The van der Waals surface area contributed by atoms with Gasteiger partial charge in [0.25, 0.3) is 0 Å². The summed E-state index contributed by atoms with van der Waals surface area (Å²) in [6.07, 6.45) is 3.17. The Kier molecular flexibility index (Phi) is 8.58. The molecule has 0 atom stereocenters. The SMILES string of the molecule is CN=C(NCc1ccc(Oc2cccnc2)c(F)c1)NCc1c(C)nn(C)c1C.I. The summed E-state index contributed by atoms with van der Waals surface area (Å²) in [6, 6.07) is 8.33. The predicted molar refractivity (Wildman–Crippen MR) is 126 cm³/mol. The van der Waals surface area contributed by atoms with Crippen LogP contribution in [-0.4, -0.2) is 27.8 Å². The van der Waals surface area contributed by atoms with Gasteiger partial charge in [0.2, 0.25) is 0 Å². The number of aromatic nitrogens is 3. The van der Waals surface area contributed by atoms with E-state index in [-0.39, 0.29) is 29.7 Å². The van der Waals surface area contributed by atoms with Crippen LogP contribution in [0.4, 0.5) is 4.39 Å². The van der Waals surface area contributed by atoms with Crippen LogP contribution in [0.3, 0.4) is 0 Å². The van der Waals surface area contributed by atoms with Crippen molar-refractivity contribution in [3.05, 3.63) is 71.1 Å². The minimum atomic E-state index is -0.433. The normalized spacial score (nSPS) is 11.0. The number of aryl methyl sites for hydroxylation is 2. The van der Waals surface area contributed by atoms with Gasteiger partial charge in [-0.15, -0.1) is 24.0 Å². The summed E-state index contributed by atoms with van der Waals surface area (Å²) in [4.78, 5) is 8.18. The summed E-state index contributed by atoms with van der Waals surface area (Å²) in [7, 11) is 3.62. The molecule has 9 heteroatoms. The molecule has 0 fully saturated rings. The molecule has 1 aromatic carbocycles. The molecule has 0 aliphatic carbocycles. The topological polar surface area (TPSA) is 76.4 Å². The van der Waals surface area contributed by atoms with E-state index in [9.17, 15) is 4.39 Å². The zero-order valence-corrected chi connectivity index (χ0v) is 19.8. The molecule has 0 amide bonds. The Morgan fingerprint density at radius 1 is 1.20 bits per heavy atom. The van der Waals surface area contributed by atoms with Gasteiger partial charge < -0.3 is 15.4 Å². The summed E-state index contributed by atoms with van der Waals surface area (Å²) in [5, 5.41) is 10.9. The second-order valence-electron chi connectivity index (χ2n) is 6.61. The molecule has 0 saturated heterocycles. The average Bonchev–Trinajstić information content (AvgIpc) is 2.96. The van der Waals surface area contributed by atoms with Crippen LogP contribution in [0.15, 0.2) is 47.7 Å². The van der Waals surface area contributed by atoms with Crippen LogP contribution in [-0.2, 0) is 20.1 Å². The third-order valence-corrected chi connectivity index (χ3v) is 4.63. The van der Waals surface area contributed by atoms with Crippen molar-refractivity contribution in [2.24, 2.45) is 12.0 Å². The smallest absolute Gasteiger partial charge is 0.191 e. The molecule has 160 valence electrons. The molecule has 0 saturated carbocycles. The molecule has 30 heavy (non-hydrogen) atoms. The van der Waals surface area contributed by atoms with E-state index < -0.39 is 5.82 Å². The predicted octanol–water partition coefficient (Wildman–Crippen LogP) is 3.85. The van der Waals surface area contributed by atoms with Crippen molar-refractivity contribution < 1.29 is 9.13 Å². The van der Waals surface area contributed by atoms with Crippen LogP contribution in [0.2, 0.25) is 0 Å². The Bertz CT molecular complexity index is 1010. The second kappa shape index (κ2) is 10.9. The number of pyridine rings is 1. The minimum absolute atomic E-state index is 0. The fourth-order valence-corrected chi connectivity index (χ4v) is 2.92. The van der Waals surface area contributed by atoms with Gasteiger partial charge in [0, 0.05) is 44.6 Å². The molecular weight excluding hydrogens is 498 g/mol. The third kappa shape index (κ3) is 5.91. The van der Waals surface area contributed by atoms with Crippen molar-refractivity contribution in [2.75, 3.05) is 7.05 Å². The second-order valence-corrected chi connectivity index (χ2v) is 6.61. The fourth-order valence-electron chi connectivity index (χ4n) is 2.92. The molecule has 0 radical (unpaired) electrons. The molecular formula is C21H26FIN6O. The van der Waals surface area contributed by atoms with Crippen molar-refractivity contribution in [1.29, 1.82) is 0 Å². The van der Waals surface area contributed by atoms with Crippen LogP contribution in [0.25, 0.3) is 0 Å². The van der Waals surface area contributed by atoms with E-state index in [0.29, 0.717) is 24.8 Å². The Morgan fingerprint density at radius 2 is 1.97 bits per heavy atom. The first kappa shape index (κ1) is 23.6. The monoisotopic (exact) mass is 524 g/mol. The Balaban J connectivity index is 0.00000320. The molecule has 3 aromatic rings. The van der Waals surface area contributed by atoms with Crippen molar-refractivity contribution in [2.45, 2.75) is 26.9 Å². The number of hydrogen-bond acceptors (Lipinski definition) is 4. The highest BCUT2D eigenvalue weighted by Crippen LogP contribution is 2.24. The van der Waals surface area contributed by atoms with Crippen LogP contribution in [0, 0.1) is 19.7 Å². The zero-order chi connectivity index (χ0) is 20.8. The Hall–Kier alpha value is -2.69. The van der Waals surface area contributed by atoms with E-state index in [1.54, 1.807) is 31.4 Å². The standard InChI is InChI=1S/C21H25FN6O.HI/c1-14-18(15(2)28(4)27-14)13-26-21(23-3)25-11-16-7-8-20(19(22)10-16)29-17-6-5-9-24-12-17;/h5-10,12H,11,13H2,1-4H3,(H2,23,25,26);1H. The molecule has 0 bridgehead atoms. The van der Waals surface area contributed by atoms with Gasteiger partial charge in [0.1, 0.15) is 5.75 Å². The summed E-state index contributed by atoms with van der Waals surface area (Å²) >= 11 is 0. The first-order valence-corrected chi connectivity index (χ1v) is 9.28. The highest BCUT2D eigenvalue weighted by Gasteiger charge is 2.10. The van der Waals surface area contributed by atoms with E-state index in [1.165, 1.54) is 12.3 Å². The lowest BCUT2D eigenvalue weighted by Gasteiger charge is -2.13. The molecule has 2 aromatic heterocycles. The zero-order valence-electron chi connectivity index (χ0n) is 17.4. The van der Waals surface area contributed by atoms with Crippen molar-refractivity contribution >= 4 is 29.9 Å². The van der Waals surface area contributed by atoms with Crippen LogP contribution < -0.4 is 15.4 Å². The molecule has 2 N–H and O–H groups in total. The number of nitrogens with one attached hydrogen (secondary N) is 2. The maximum Gasteiger partial charge on any atom is 0.191 e. The van der Waals surface area contributed by atoms with Gasteiger partial charge in [-0.25, -0.2) is 4.39 Å². The van der Waals surface area contributed by atoms with E-state index in [4.69, 9.17) is 4.74 Å². The van der Waals surface area contributed by atoms with Crippen LogP contribution in [0.5, 0.6) is 11.5 Å². The minimum Gasteiger partial charge on any atom is -0.453 e. The highest BCUT2D eigenvalue weighted by atomic mass is 127. The van der Waals surface area contributed by atoms with Gasteiger partial charge in [0.05, 0.1) is 11.9 Å². The number of ether oxygens (including phenoxy) is 1. The number of halogens is 2. The van der Waals surface area contributed by atoms with Crippen molar-refractivity contribution in [1.82, 2.24) is 25.4 Å². The Labute approximate surface area is 192 Å². The van der Waals surface area contributed by atoms with Crippen molar-refractivity contribution in [3.8, 4) is 11.5 Å². The fraction of sp³-hybridized carbons (Fsp3) is 0.286. The van der Waals surface area contributed by atoms with Gasteiger partial charge in [-0.2, -0.15) is 5.10 Å². The van der Waals surface area contributed by atoms with Gasteiger partial charge in [-0.3, -0.25) is 14.7 Å². The van der Waals surface area contributed by atoms with E-state index in [1.807, 2.05) is 31.6 Å². The maximum absolute atomic E-state index is 14.4.